The van der Waals surface area contributed by atoms with E-state index in [4.69, 9.17) is 16.3 Å². The third kappa shape index (κ3) is 4.90. The van der Waals surface area contributed by atoms with Gasteiger partial charge in [-0.1, -0.05) is 17.7 Å². The first-order chi connectivity index (χ1) is 13.3. The van der Waals surface area contributed by atoms with E-state index in [0.717, 1.165) is 51.1 Å². The lowest BCUT2D eigenvalue weighted by atomic mass is 9.93. The lowest BCUT2D eigenvalue weighted by Crippen LogP contribution is -2.36. The molecular formula is C21H27ClN4O. The molecule has 0 amide bonds. The van der Waals surface area contributed by atoms with Gasteiger partial charge in [0.1, 0.15) is 16.9 Å². The molecule has 4 rings (SSSR count). The average Bonchev–Trinajstić information content (AvgIpc) is 3.24. The summed E-state index contributed by atoms with van der Waals surface area (Å²) < 4.78 is 5.97. The van der Waals surface area contributed by atoms with Crippen molar-refractivity contribution in [3.63, 3.8) is 0 Å². The fourth-order valence-corrected chi connectivity index (χ4v) is 4.08. The first kappa shape index (κ1) is 18.5. The van der Waals surface area contributed by atoms with Crippen molar-refractivity contribution in [2.75, 3.05) is 18.0 Å². The molecule has 1 aliphatic carbocycles. The van der Waals surface area contributed by atoms with Gasteiger partial charge < -0.3 is 15.0 Å². The quantitative estimate of drug-likeness (QED) is 0.805. The summed E-state index contributed by atoms with van der Waals surface area (Å²) in [6, 6.07) is 8.53. The van der Waals surface area contributed by atoms with E-state index in [1.54, 1.807) is 6.20 Å². The number of pyridine rings is 2. The van der Waals surface area contributed by atoms with E-state index in [1.807, 2.05) is 18.3 Å². The highest BCUT2D eigenvalue weighted by molar-refractivity contribution is 6.31. The van der Waals surface area contributed by atoms with Gasteiger partial charge in [-0.25, -0.2) is 9.97 Å². The molecule has 2 aromatic rings. The molecule has 1 saturated carbocycles. The molecule has 144 valence electrons. The minimum Gasteiger partial charge on any atom is -0.473 e. The smallest absolute Gasteiger partial charge is 0.232 e. The number of nitrogens with one attached hydrogen (secondary N) is 1. The van der Waals surface area contributed by atoms with Gasteiger partial charge in [0.15, 0.2) is 0 Å². The number of rotatable bonds is 6. The predicted octanol–water partition coefficient (Wildman–Crippen LogP) is 4.21. The van der Waals surface area contributed by atoms with Crippen LogP contribution in [0.4, 0.5) is 5.82 Å². The Morgan fingerprint density at radius 3 is 2.59 bits per heavy atom. The fourth-order valence-electron chi connectivity index (χ4n) is 3.92. The van der Waals surface area contributed by atoms with E-state index in [9.17, 15) is 0 Å². The molecule has 0 radical (unpaired) electrons. The number of aromatic nitrogens is 2. The second-order valence-corrected chi connectivity index (χ2v) is 7.89. The van der Waals surface area contributed by atoms with E-state index in [2.05, 4.69) is 32.3 Å². The van der Waals surface area contributed by atoms with Gasteiger partial charge in [-0.3, -0.25) is 0 Å². The van der Waals surface area contributed by atoms with Crippen LogP contribution < -0.4 is 15.0 Å². The molecule has 27 heavy (non-hydrogen) atoms. The van der Waals surface area contributed by atoms with Crippen molar-refractivity contribution in [2.24, 2.45) is 0 Å². The molecule has 2 fully saturated rings. The van der Waals surface area contributed by atoms with Crippen LogP contribution in [-0.2, 0) is 6.54 Å². The van der Waals surface area contributed by atoms with Gasteiger partial charge >= 0.3 is 0 Å². The van der Waals surface area contributed by atoms with Gasteiger partial charge in [-0.05, 0) is 62.3 Å². The summed E-state index contributed by atoms with van der Waals surface area (Å²) >= 11 is 6.13. The standard InChI is InChI=1S/C21H27ClN4O/c22-19-4-3-11-23-21(19)27-18-8-6-17(7-9-18)24-14-16-5-10-20(25-15-16)26-12-1-2-13-26/h3-5,10-11,15,17-18,24H,1-2,6-9,12-14H2. The Balaban J connectivity index is 1.21. The van der Waals surface area contributed by atoms with Crippen LogP contribution in [0.2, 0.25) is 5.02 Å². The summed E-state index contributed by atoms with van der Waals surface area (Å²) in [6.07, 6.45) is 10.8. The molecule has 2 aromatic heterocycles. The molecule has 0 unspecified atom stereocenters. The monoisotopic (exact) mass is 386 g/mol. The number of ether oxygens (including phenoxy) is 1. The lowest BCUT2D eigenvalue weighted by Gasteiger charge is -2.29. The van der Waals surface area contributed by atoms with Gasteiger partial charge in [0.2, 0.25) is 5.88 Å². The second-order valence-electron chi connectivity index (χ2n) is 7.48. The summed E-state index contributed by atoms with van der Waals surface area (Å²) in [5.41, 5.74) is 1.25. The summed E-state index contributed by atoms with van der Waals surface area (Å²) in [7, 11) is 0. The number of hydrogen-bond acceptors (Lipinski definition) is 5. The zero-order chi connectivity index (χ0) is 18.5. The third-order valence-electron chi connectivity index (χ3n) is 5.51. The van der Waals surface area contributed by atoms with Crippen molar-refractivity contribution in [1.82, 2.24) is 15.3 Å². The molecular weight excluding hydrogens is 360 g/mol. The van der Waals surface area contributed by atoms with Gasteiger partial charge in [0.25, 0.3) is 0 Å². The molecule has 6 heteroatoms. The van der Waals surface area contributed by atoms with Gasteiger partial charge in [-0.15, -0.1) is 0 Å². The molecule has 1 aliphatic heterocycles. The summed E-state index contributed by atoms with van der Waals surface area (Å²) in [5.74, 6) is 1.67. The minimum atomic E-state index is 0.205. The number of anilines is 1. The molecule has 0 spiro atoms. The van der Waals surface area contributed by atoms with Gasteiger partial charge in [-0.2, -0.15) is 0 Å². The summed E-state index contributed by atoms with van der Waals surface area (Å²) in [4.78, 5) is 11.2. The maximum absolute atomic E-state index is 6.13. The highest BCUT2D eigenvalue weighted by Crippen LogP contribution is 2.27. The van der Waals surface area contributed by atoms with Crippen LogP contribution >= 0.6 is 11.6 Å². The van der Waals surface area contributed by atoms with Crippen molar-refractivity contribution in [2.45, 2.75) is 57.2 Å². The first-order valence-electron chi connectivity index (χ1n) is 9.98. The van der Waals surface area contributed by atoms with Crippen LogP contribution in [-0.4, -0.2) is 35.2 Å². The lowest BCUT2D eigenvalue weighted by molar-refractivity contribution is 0.134. The van der Waals surface area contributed by atoms with Crippen LogP contribution in [0.1, 0.15) is 44.1 Å². The van der Waals surface area contributed by atoms with Crippen LogP contribution in [0.3, 0.4) is 0 Å². The number of hydrogen-bond donors (Lipinski definition) is 1. The van der Waals surface area contributed by atoms with E-state index in [1.165, 1.54) is 18.4 Å². The normalized spacial score (nSPS) is 22.8. The maximum Gasteiger partial charge on any atom is 0.232 e. The maximum atomic E-state index is 6.13. The molecule has 2 aliphatic rings. The summed E-state index contributed by atoms with van der Waals surface area (Å²) in [5, 5.41) is 4.26. The van der Waals surface area contributed by atoms with E-state index in [0.29, 0.717) is 16.9 Å². The van der Waals surface area contributed by atoms with Crippen molar-refractivity contribution in [1.29, 1.82) is 0 Å². The Hall–Kier alpha value is -1.85. The SMILES string of the molecule is Clc1cccnc1OC1CCC(NCc2ccc(N3CCCC3)nc2)CC1. The topological polar surface area (TPSA) is 50.3 Å². The fraction of sp³-hybridized carbons (Fsp3) is 0.524. The molecule has 3 heterocycles. The van der Waals surface area contributed by atoms with Gasteiger partial charge in [0, 0.05) is 38.1 Å². The second kappa shape index (κ2) is 8.89. The largest absolute Gasteiger partial charge is 0.473 e. The Morgan fingerprint density at radius 1 is 1.07 bits per heavy atom. The van der Waals surface area contributed by atoms with E-state index < -0.39 is 0 Å². The average molecular weight is 387 g/mol. The molecule has 0 bridgehead atoms. The van der Waals surface area contributed by atoms with Crippen molar-refractivity contribution >= 4 is 17.4 Å². The highest BCUT2D eigenvalue weighted by Gasteiger charge is 2.23. The van der Waals surface area contributed by atoms with Crippen molar-refractivity contribution in [3.8, 4) is 5.88 Å². The molecule has 1 saturated heterocycles. The Bertz CT molecular complexity index is 725. The zero-order valence-electron chi connectivity index (χ0n) is 15.6. The van der Waals surface area contributed by atoms with Crippen molar-refractivity contribution < 1.29 is 4.74 Å². The predicted molar refractivity (Wildman–Crippen MR) is 108 cm³/mol. The Morgan fingerprint density at radius 2 is 1.89 bits per heavy atom. The molecule has 5 nitrogen and oxygen atoms in total. The first-order valence-corrected chi connectivity index (χ1v) is 10.4. The molecule has 0 aromatic carbocycles. The Labute approximate surface area is 166 Å². The zero-order valence-corrected chi connectivity index (χ0v) is 16.4. The van der Waals surface area contributed by atoms with Crippen LogP contribution in [0.25, 0.3) is 0 Å². The van der Waals surface area contributed by atoms with Crippen LogP contribution in [0.5, 0.6) is 5.88 Å². The Kier molecular flexibility index (Phi) is 6.10. The van der Waals surface area contributed by atoms with Gasteiger partial charge in [0.05, 0.1) is 0 Å². The highest BCUT2D eigenvalue weighted by atomic mass is 35.5. The van der Waals surface area contributed by atoms with Crippen LogP contribution in [0, 0.1) is 0 Å². The van der Waals surface area contributed by atoms with Crippen LogP contribution in [0.15, 0.2) is 36.7 Å². The molecule has 0 atom stereocenters. The summed E-state index contributed by atoms with van der Waals surface area (Å²) in [6.45, 7) is 3.15. The number of halogens is 1. The van der Waals surface area contributed by atoms with E-state index in [-0.39, 0.29) is 6.10 Å². The minimum absolute atomic E-state index is 0.205. The molecule has 1 N–H and O–H groups in total. The third-order valence-corrected chi connectivity index (χ3v) is 5.80. The van der Waals surface area contributed by atoms with Crippen molar-refractivity contribution in [3.05, 3.63) is 47.2 Å². The number of nitrogens with zero attached hydrogens (tertiary/aromatic N) is 3. The van der Waals surface area contributed by atoms with E-state index >= 15 is 0 Å².